The first kappa shape index (κ1) is 21.8. The van der Waals surface area contributed by atoms with Gasteiger partial charge in [0.05, 0.1) is 10.6 Å². The highest BCUT2D eigenvalue weighted by Gasteiger charge is 2.37. The maximum Gasteiger partial charge on any atom is 0.408 e. The molecule has 1 atom stereocenters. The number of hydrogen-bond acceptors (Lipinski definition) is 3. The van der Waals surface area contributed by atoms with Gasteiger partial charge in [0.1, 0.15) is 17.4 Å². The molecule has 0 saturated carbocycles. The average molecular weight is 445 g/mol. The van der Waals surface area contributed by atoms with Crippen LogP contribution in [0.4, 0.5) is 17.6 Å². The number of benzene rings is 1. The second-order valence-corrected chi connectivity index (χ2v) is 7.48. The number of aromatic amines is 1. The summed E-state index contributed by atoms with van der Waals surface area (Å²) in [6.07, 6.45) is -3.43. The number of aromatic nitrogens is 3. The predicted octanol–water partition coefficient (Wildman–Crippen LogP) is 4.29. The maximum atomic E-state index is 13.8. The van der Waals surface area contributed by atoms with E-state index in [1.165, 1.54) is 18.3 Å². The summed E-state index contributed by atoms with van der Waals surface area (Å²) >= 11 is 5.66. The van der Waals surface area contributed by atoms with Crippen molar-refractivity contribution in [3.63, 3.8) is 0 Å². The number of nitrogens with one attached hydrogen (secondary N) is 2. The molecule has 0 saturated heterocycles. The van der Waals surface area contributed by atoms with Crippen molar-refractivity contribution < 1.29 is 22.4 Å². The Labute approximate surface area is 172 Å². The molecule has 1 unspecified atom stereocenters. The van der Waals surface area contributed by atoms with Crippen molar-refractivity contribution in [1.29, 1.82) is 0 Å². The first-order valence-electron chi connectivity index (χ1n) is 8.88. The molecule has 30 heavy (non-hydrogen) atoms. The van der Waals surface area contributed by atoms with Crippen LogP contribution < -0.4 is 10.9 Å². The second kappa shape index (κ2) is 7.75. The molecule has 1 amide bonds. The Kier molecular flexibility index (Phi) is 5.64. The minimum absolute atomic E-state index is 0.00369. The SMILES string of the molecule is CC(C)c1c(C(=O)NC(C)C(F)(F)F)cn2nc(-c3ccc(Cl)c(F)c3)[nH]c(=O)c12. The third-order valence-electron chi connectivity index (χ3n) is 4.53. The van der Waals surface area contributed by atoms with Gasteiger partial charge in [-0.05, 0) is 31.0 Å². The number of hydrogen-bond donors (Lipinski definition) is 2. The molecule has 6 nitrogen and oxygen atoms in total. The van der Waals surface area contributed by atoms with Gasteiger partial charge in [0.15, 0.2) is 5.82 Å². The van der Waals surface area contributed by atoms with Crippen LogP contribution in [-0.4, -0.2) is 32.7 Å². The molecule has 0 spiro atoms. The van der Waals surface area contributed by atoms with Gasteiger partial charge in [0.2, 0.25) is 0 Å². The van der Waals surface area contributed by atoms with E-state index in [-0.39, 0.29) is 39.0 Å². The maximum absolute atomic E-state index is 13.8. The lowest BCUT2D eigenvalue weighted by Crippen LogP contribution is -2.43. The van der Waals surface area contributed by atoms with E-state index in [0.29, 0.717) is 0 Å². The first-order valence-corrected chi connectivity index (χ1v) is 9.26. The number of carbonyl (C=O) groups is 1. The molecule has 1 aromatic carbocycles. The lowest BCUT2D eigenvalue weighted by atomic mass is 9.99. The molecule has 0 fully saturated rings. The third kappa shape index (κ3) is 4.04. The molecule has 3 rings (SSSR count). The van der Waals surface area contributed by atoms with E-state index in [4.69, 9.17) is 11.6 Å². The van der Waals surface area contributed by atoms with Crippen LogP contribution in [0.25, 0.3) is 16.9 Å². The second-order valence-electron chi connectivity index (χ2n) is 7.07. The van der Waals surface area contributed by atoms with E-state index in [0.717, 1.165) is 17.5 Å². The first-order chi connectivity index (χ1) is 13.9. The minimum Gasteiger partial charge on any atom is -0.340 e. The Morgan fingerprint density at radius 2 is 1.93 bits per heavy atom. The normalized spacial score (nSPS) is 13.1. The summed E-state index contributed by atoms with van der Waals surface area (Å²) in [5, 5.41) is 5.98. The number of alkyl halides is 3. The quantitative estimate of drug-likeness (QED) is 0.589. The lowest BCUT2D eigenvalue weighted by Gasteiger charge is -2.17. The lowest BCUT2D eigenvalue weighted by molar-refractivity contribution is -0.149. The van der Waals surface area contributed by atoms with Crippen LogP contribution in [0.15, 0.2) is 29.2 Å². The Balaban J connectivity index is 2.15. The third-order valence-corrected chi connectivity index (χ3v) is 4.84. The van der Waals surface area contributed by atoms with Crippen molar-refractivity contribution in [2.45, 2.75) is 38.9 Å². The zero-order chi connectivity index (χ0) is 22.4. The van der Waals surface area contributed by atoms with E-state index in [1.807, 2.05) is 5.32 Å². The van der Waals surface area contributed by atoms with Crippen LogP contribution in [-0.2, 0) is 0 Å². The van der Waals surface area contributed by atoms with Gasteiger partial charge in [-0.25, -0.2) is 8.91 Å². The number of fused-ring (bicyclic) bond motifs is 1. The summed E-state index contributed by atoms with van der Waals surface area (Å²) in [6.45, 7) is 4.21. The predicted molar refractivity (Wildman–Crippen MR) is 103 cm³/mol. The van der Waals surface area contributed by atoms with Gasteiger partial charge in [0.25, 0.3) is 11.5 Å². The highest BCUT2D eigenvalue weighted by molar-refractivity contribution is 6.30. The average Bonchev–Trinajstić information content (AvgIpc) is 3.03. The van der Waals surface area contributed by atoms with E-state index >= 15 is 0 Å². The fourth-order valence-electron chi connectivity index (χ4n) is 3.01. The number of halogens is 5. The molecule has 2 aromatic heterocycles. The van der Waals surface area contributed by atoms with Crippen molar-refractivity contribution in [2.24, 2.45) is 0 Å². The number of rotatable bonds is 4. The Bertz CT molecular complexity index is 1180. The van der Waals surface area contributed by atoms with Gasteiger partial charge in [-0.15, -0.1) is 5.10 Å². The Hall–Kier alpha value is -2.88. The summed E-state index contributed by atoms with van der Waals surface area (Å²) in [6, 6.07) is 1.74. The smallest absolute Gasteiger partial charge is 0.340 e. The molecule has 0 radical (unpaired) electrons. The van der Waals surface area contributed by atoms with Gasteiger partial charge in [0, 0.05) is 17.3 Å². The van der Waals surface area contributed by atoms with E-state index in [9.17, 15) is 27.2 Å². The fraction of sp³-hybridized carbons (Fsp3) is 0.316. The van der Waals surface area contributed by atoms with Gasteiger partial charge in [-0.2, -0.15) is 13.2 Å². The highest BCUT2D eigenvalue weighted by Crippen LogP contribution is 2.27. The summed E-state index contributed by atoms with van der Waals surface area (Å²) < 4.78 is 53.4. The van der Waals surface area contributed by atoms with Gasteiger partial charge < -0.3 is 10.3 Å². The summed E-state index contributed by atoms with van der Waals surface area (Å²) in [7, 11) is 0. The van der Waals surface area contributed by atoms with Gasteiger partial charge in [-0.1, -0.05) is 25.4 Å². The zero-order valence-corrected chi connectivity index (χ0v) is 16.8. The van der Waals surface area contributed by atoms with Gasteiger partial charge >= 0.3 is 6.18 Å². The van der Waals surface area contributed by atoms with Crippen LogP contribution in [0.2, 0.25) is 5.02 Å². The van der Waals surface area contributed by atoms with E-state index < -0.39 is 29.5 Å². The van der Waals surface area contributed by atoms with Crippen molar-refractivity contribution in [3.05, 3.63) is 56.7 Å². The number of amides is 1. The molecule has 3 aromatic rings. The van der Waals surface area contributed by atoms with Crippen LogP contribution >= 0.6 is 11.6 Å². The molecule has 0 aliphatic heterocycles. The number of nitrogens with zero attached hydrogens (tertiary/aromatic N) is 2. The molecular weight excluding hydrogens is 428 g/mol. The molecular formula is C19H17ClF4N4O2. The largest absolute Gasteiger partial charge is 0.408 e. The molecule has 160 valence electrons. The summed E-state index contributed by atoms with van der Waals surface area (Å²) in [4.78, 5) is 27.8. The van der Waals surface area contributed by atoms with Crippen LogP contribution in [0.5, 0.6) is 0 Å². The monoisotopic (exact) mass is 444 g/mol. The van der Waals surface area contributed by atoms with E-state index in [2.05, 4.69) is 10.1 Å². The molecule has 2 heterocycles. The van der Waals surface area contributed by atoms with Crippen molar-refractivity contribution in [3.8, 4) is 11.4 Å². The molecule has 0 aliphatic carbocycles. The fourth-order valence-corrected chi connectivity index (χ4v) is 3.12. The van der Waals surface area contributed by atoms with E-state index in [1.54, 1.807) is 13.8 Å². The Morgan fingerprint density at radius 1 is 1.27 bits per heavy atom. The molecule has 0 aliphatic rings. The molecule has 2 N–H and O–H groups in total. The standard InChI is InChI=1S/C19H17ClF4N4O2/c1-8(2)14-11(17(29)25-9(3)19(22,23)24)7-28-15(14)18(30)26-16(27-28)10-4-5-12(20)13(21)6-10/h4-9H,1-3H3,(H,25,29)(H,26,27,30). The topological polar surface area (TPSA) is 79.3 Å². The van der Waals surface area contributed by atoms with Crippen molar-refractivity contribution in [1.82, 2.24) is 19.9 Å². The minimum atomic E-state index is -4.62. The highest BCUT2D eigenvalue weighted by atomic mass is 35.5. The number of H-pyrrole nitrogens is 1. The molecule has 11 heteroatoms. The molecule has 0 bridgehead atoms. The van der Waals surface area contributed by atoms with Crippen LogP contribution in [0.3, 0.4) is 0 Å². The van der Waals surface area contributed by atoms with Crippen molar-refractivity contribution >= 4 is 23.0 Å². The van der Waals surface area contributed by atoms with Crippen molar-refractivity contribution in [2.75, 3.05) is 0 Å². The van der Waals surface area contributed by atoms with Crippen LogP contribution in [0, 0.1) is 5.82 Å². The summed E-state index contributed by atoms with van der Waals surface area (Å²) in [5.74, 6) is -2.05. The Morgan fingerprint density at radius 3 is 2.50 bits per heavy atom. The zero-order valence-electron chi connectivity index (χ0n) is 16.1. The van der Waals surface area contributed by atoms with Gasteiger partial charge in [-0.3, -0.25) is 9.59 Å². The van der Waals surface area contributed by atoms with Crippen LogP contribution in [0.1, 0.15) is 42.6 Å². The summed E-state index contributed by atoms with van der Waals surface area (Å²) in [5.41, 5.74) is -0.217. The number of carbonyl (C=O) groups excluding carboxylic acids is 1.